The predicted octanol–water partition coefficient (Wildman–Crippen LogP) is 1.45. The van der Waals surface area contributed by atoms with Gasteiger partial charge in [-0.3, -0.25) is 14.5 Å². The van der Waals surface area contributed by atoms with Gasteiger partial charge in [-0.2, -0.15) is 0 Å². The molecule has 8 nitrogen and oxygen atoms in total. The lowest BCUT2D eigenvalue weighted by Gasteiger charge is -2.28. The van der Waals surface area contributed by atoms with Crippen molar-refractivity contribution in [1.82, 2.24) is 15.5 Å². The molecule has 174 valence electrons. The Labute approximate surface area is 188 Å². The number of nitrogens with zero attached hydrogens (tertiary/aromatic N) is 1. The molecule has 2 heterocycles. The summed E-state index contributed by atoms with van der Waals surface area (Å²) in [5.74, 6) is -2.91. The number of urea groups is 1. The van der Waals surface area contributed by atoms with Crippen molar-refractivity contribution in [3.63, 3.8) is 0 Å². The molecule has 33 heavy (non-hydrogen) atoms. The number of carbonyl (C=O) groups is 3. The van der Waals surface area contributed by atoms with Gasteiger partial charge in [-0.25, -0.2) is 22.0 Å². The third-order valence-electron chi connectivity index (χ3n) is 5.91. The van der Waals surface area contributed by atoms with Crippen molar-refractivity contribution >= 4 is 27.7 Å². The second-order valence-electron chi connectivity index (χ2n) is 8.54. The van der Waals surface area contributed by atoms with E-state index in [4.69, 9.17) is 0 Å². The lowest BCUT2D eigenvalue weighted by Crippen LogP contribution is -2.51. The van der Waals surface area contributed by atoms with Crippen LogP contribution in [0, 0.1) is 11.6 Å². The number of amides is 4. The lowest BCUT2D eigenvalue weighted by atomic mass is 9.82. The maximum absolute atomic E-state index is 13.5. The predicted molar refractivity (Wildman–Crippen MR) is 114 cm³/mol. The SMILES string of the molecule is CC1(NC(=O)CN2C(=O)NC(c3ccc(F)cc3)(c3ccc(F)cc3)C2=O)CCS(=O)(=O)C1. The van der Waals surface area contributed by atoms with Gasteiger partial charge in [0.25, 0.3) is 5.91 Å². The van der Waals surface area contributed by atoms with Crippen molar-refractivity contribution < 1.29 is 31.6 Å². The van der Waals surface area contributed by atoms with Gasteiger partial charge < -0.3 is 10.6 Å². The Morgan fingerprint density at radius 1 is 1.03 bits per heavy atom. The molecule has 1 unspecified atom stereocenters. The summed E-state index contributed by atoms with van der Waals surface area (Å²) in [5, 5.41) is 5.19. The summed E-state index contributed by atoms with van der Waals surface area (Å²) in [6.07, 6.45) is 0.219. The molecule has 2 aromatic carbocycles. The first-order chi connectivity index (χ1) is 15.4. The minimum atomic E-state index is -3.28. The number of benzene rings is 2. The third kappa shape index (κ3) is 4.20. The molecule has 11 heteroatoms. The fraction of sp³-hybridized carbons (Fsp3) is 0.318. The van der Waals surface area contributed by atoms with E-state index in [1.165, 1.54) is 24.3 Å². The topological polar surface area (TPSA) is 113 Å². The van der Waals surface area contributed by atoms with Gasteiger partial charge >= 0.3 is 6.03 Å². The van der Waals surface area contributed by atoms with E-state index in [1.54, 1.807) is 6.92 Å². The first-order valence-electron chi connectivity index (χ1n) is 10.1. The van der Waals surface area contributed by atoms with Crippen LogP contribution in [0.3, 0.4) is 0 Å². The van der Waals surface area contributed by atoms with Crippen LogP contribution in [-0.4, -0.2) is 54.8 Å². The monoisotopic (exact) mass is 477 g/mol. The van der Waals surface area contributed by atoms with E-state index < -0.39 is 56.9 Å². The molecular formula is C22H21F2N3O5S. The molecule has 4 rings (SSSR count). The molecular weight excluding hydrogens is 456 g/mol. The summed E-state index contributed by atoms with van der Waals surface area (Å²) < 4.78 is 50.6. The molecule has 0 radical (unpaired) electrons. The fourth-order valence-corrected chi connectivity index (χ4v) is 6.40. The number of halogens is 2. The van der Waals surface area contributed by atoms with Crippen LogP contribution in [-0.2, 0) is 25.0 Å². The van der Waals surface area contributed by atoms with E-state index in [0.29, 0.717) is 4.90 Å². The second kappa shape index (κ2) is 7.91. The van der Waals surface area contributed by atoms with Crippen LogP contribution in [0.2, 0.25) is 0 Å². The van der Waals surface area contributed by atoms with E-state index in [9.17, 15) is 31.6 Å². The van der Waals surface area contributed by atoms with Crippen LogP contribution in [0.5, 0.6) is 0 Å². The quantitative estimate of drug-likeness (QED) is 0.633. The molecule has 0 bridgehead atoms. The average Bonchev–Trinajstić information content (AvgIpc) is 3.16. The lowest BCUT2D eigenvalue weighted by molar-refractivity contribution is -0.134. The molecule has 2 N–H and O–H groups in total. The molecule has 4 amide bonds. The van der Waals surface area contributed by atoms with Crippen molar-refractivity contribution in [2.45, 2.75) is 24.4 Å². The van der Waals surface area contributed by atoms with Crippen LogP contribution in [0.15, 0.2) is 48.5 Å². The maximum atomic E-state index is 13.5. The Balaban J connectivity index is 1.65. The Bertz CT molecular complexity index is 1190. The first-order valence-corrected chi connectivity index (χ1v) is 11.9. The van der Waals surface area contributed by atoms with Crippen LogP contribution in [0.1, 0.15) is 24.5 Å². The first kappa shape index (κ1) is 22.8. The van der Waals surface area contributed by atoms with Gasteiger partial charge in [0, 0.05) is 0 Å². The zero-order chi connectivity index (χ0) is 24.0. The number of rotatable bonds is 5. The summed E-state index contributed by atoms with van der Waals surface area (Å²) in [7, 11) is -3.28. The minimum Gasteiger partial charge on any atom is -0.348 e. The molecule has 0 aromatic heterocycles. The summed E-state index contributed by atoms with van der Waals surface area (Å²) in [6.45, 7) is 0.938. The van der Waals surface area contributed by atoms with Gasteiger partial charge in [0.15, 0.2) is 15.4 Å². The van der Waals surface area contributed by atoms with Crippen molar-refractivity contribution in [2.75, 3.05) is 18.1 Å². The number of carbonyl (C=O) groups excluding carboxylic acids is 3. The highest BCUT2D eigenvalue weighted by Crippen LogP contribution is 2.36. The number of imide groups is 1. The van der Waals surface area contributed by atoms with E-state index in [1.807, 2.05) is 0 Å². The molecule has 1 atom stereocenters. The van der Waals surface area contributed by atoms with E-state index >= 15 is 0 Å². The van der Waals surface area contributed by atoms with E-state index in [-0.39, 0.29) is 29.1 Å². The zero-order valence-electron chi connectivity index (χ0n) is 17.6. The van der Waals surface area contributed by atoms with Gasteiger partial charge in [-0.05, 0) is 48.7 Å². The molecule has 2 saturated heterocycles. The smallest absolute Gasteiger partial charge is 0.326 e. The van der Waals surface area contributed by atoms with Crippen LogP contribution in [0.25, 0.3) is 0 Å². The molecule has 2 aliphatic heterocycles. The van der Waals surface area contributed by atoms with Crippen molar-refractivity contribution in [1.29, 1.82) is 0 Å². The van der Waals surface area contributed by atoms with E-state index in [2.05, 4.69) is 10.6 Å². The summed E-state index contributed by atoms with van der Waals surface area (Å²) >= 11 is 0. The standard InChI is InChI=1S/C22H21F2N3O5S/c1-21(10-11-33(31,32)13-21)25-18(28)12-27-19(29)22(26-20(27)30,14-2-6-16(23)7-3-14)15-4-8-17(24)9-5-15/h2-9H,10-13H2,1H3,(H,25,28)(H,26,30). The van der Waals surface area contributed by atoms with Crippen molar-refractivity contribution in [3.8, 4) is 0 Å². The number of hydrogen-bond acceptors (Lipinski definition) is 5. The van der Waals surface area contributed by atoms with Gasteiger partial charge in [-0.15, -0.1) is 0 Å². The average molecular weight is 477 g/mol. The fourth-order valence-electron chi connectivity index (χ4n) is 4.31. The molecule has 0 saturated carbocycles. The number of nitrogens with one attached hydrogen (secondary N) is 2. The molecule has 0 spiro atoms. The molecule has 0 aliphatic carbocycles. The third-order valence-corrected chi connectivity index (χ3v) is 7.81. The number of hydrogen-bond donors (Lipinski definition) is 2. The highest BCUT2D eigenvalue weighted by molar-refractivity contribution is 7.91. The largest absolute Gasteiger partial charge is 0.348 e. The van der Waals surface area contributed by atoms with Gasteiger partial charge in [-0.1, -0.05) is 24.3 Å². The Morgan fingerprint density at radius 2 is 1.55 bits per heavy atom. The highest BCUT2D eigenvalue weighted by atomic mass is 32.2. The summed E-state index contributed by atoms with van der Waals surface area (Å²) in [5.41, 5.74) is -2.34. The van der Waals surface area contributed by atoms with Crippen molar-refractivity contribution in [2.24, 2.45) is 0 Å². The normalized spacial score (nSPS) is 23.4. The molecule has 2 aliphatic rings. The van der Waals surface area contributed by atoms with Gasteiger partial charge in [0.2, 0.25) is 5.91 Å². The number of sulfone groups is 1. The van der Waals surface area contributed by atoms with Crippen molar-refractivity contribution in [3.05, 3.63) is 71.3 Å². The molecule has 2 aromatic rings. The van der Waals surface area contributed by atoms with Gasteiger partial charge in [0.1, 0.15) is 18.2 Å². The van der Waals surface area contributed by atoms with Crippen LogP contribution >= 0.6 is 0 Å². The molecule has 2 fully saturated rings. The Hall–Kier alpha value is -3.34. The Morgan fingerprint density at radius 3 is 2.00 bits per heavy atom. The maximum Gasteiger partial charge on any atom is 0.326 e. The summed E-state index contributed by atoms with van der Waals surface area (Å²) in [6, 6.07) is 8.92. The van der Waals surface area contributed by atoms with E-state index in [0.717, 1.165) is 24.3 Å². The highest BCUT2D eigenvalue weighted by Gasteiger charge is 2.54. The minimum absolute atomic E-state index is 0.0643. The van der Waals surface area contributed by atoms with Gasteiger partial charge in [0.05, 0.1) is 17.0 Å². The Kier molecular flexibility index (Phi) is 5.47. The second-order valence-corrected chi connectivity index (χ2v) is 10.7. The summed E-state index contributed by atoms with van der Waals surface area (Å²) in [4.78, 5) is 39.7. The van der Waals surface area contributed by atoms with Crippen LogP contribution in [0.4, 0.5) is 13.6 Å². The van der Waals surface area contributed by atoms with Crippen LogP contribution < -0.4 is 10.6 Å². The zero-order valence-corrected chi connectivity index (χ0v) is 18.4.